The Morgan fingerprint density at radius 2 is 0.574 bits per heavy atom. The van der Waals surface area contributed by atoms with Gasteiger partial charge in [0, 0.05) is 144 Å². The molecular formula is C125H106IrN22-4. The van der Waals surface area contributed by atoms with Gasteiger partial charge in [-0.15, -0.1) is 24.7 Å². The van der Waals surface area contributed by atoms with E-state index in [2.05, 4.69) is 401 Å². The van der Waals surface area contributed by atoms with Gasteiger partial charge in [-0.2, -0.15) is 60.7 Å². The Bertz CT molecular complexity index is 7540. The number of nitrogens with zero attached hydrogens (tertiary/aromatic N) is 22. The van der Waals surface area contributed by atoms with E-state index in [1.807, 2.05) is 108 Å². The minimum absolute atomic E-state index is 0. The Labute approximate surface area is 877 Å². The standard InChI is InChI=1S/C27H24N4.C22H20N4.C22H22N4.C19H14N2.C18H14N4.C17H12N4.Ir/c1-17-13-18(2)25(19(3)14-17)22-16-28-26-27(29-22)31-23-12-8-7-9-20(23)15-24(31)30(26)21-10-5-4-6-11-21;1-2-9-16(10-3-1)25-20-14-15-8-4-7-13-19(15)26(20)22-21(25)23-17-11-5-6-12-18(17)24-22;1-3-17-18(4-2)24-22-21(23-17)25(16-11-6-5-7-12-16)20-14-15-10-8-9-13-19(15)26(20)22;1-3-9-16(10-4-1)20-15-21(17-11-5-2-6-12-17)19-14-8-7-13-18(19)20;1-2-7-14(8-3-1)21-16-12-13-6-4-5-9-15(13)22(16)18-17(21)19-10-11-20-18;1-3-7-14(8-4-1)20-13-21(15-9-5-2-6-10-15)17-16(20)18-11-12-19-17;/h4-14,16,24H,15H2,1-3H3;1-4,7-10,13,20H,5-6,11-12,14H2;5-13,20H,3-4,14H2,1-2H3;1-11,13-15H;1-11,16H,12H2;1-9,11-13H;/q;;;-2;;-2;. The molecule has 15 heterocycles. The molecule has 4 atom stereocenters. The first-order chi connectivity index (χ1) is 72.6. The van der Waals surface area contributed by atoms with E-state index < -0.39 is 0 Å². The van der Waals surface area contributed by atoms with Gasteiger partial charge in [0.1, 0.15) is 36.3 Å². The van der Waals surface area contributed by atoms with Crippen LogP contribution < -0.4 is 58.8 Å². The maximum Gasteiger partial charge on any atom is 0.179 e. The molecule has 0 saturated heterocycles. The van der Waals surface area contributed by atoms with Gasteiger partial charge in [-0.1, -0.05) is 226 Å². The zero-order valence-electron chi connectivity index (χ0n) is 82.7. The van der Waals surface area contributed by atoms with E-state index in [4.69, 9.17) is 29.9 Å². The second kappa shape index (κ2) is 40.4. The van der Waals surface area contributed by atoms with E-state index in [-0.39, 0.29) is 44.8 Å². The summed E-state index contributed by atoms with van der Waals surface area (Å²) in [5.74, 6) is 9.43. The van der Waals surface area contributed by atoms with Crippen LogP contribution in [0.3, 0.4) is 0 Å². The van der Waals surface area contributed by atoms with Crippen LogP contribution in [-0.2, 0) is 71.5 Å². The van der Waals surface area contributed by atoms with Crippen molar-refractivity contribution >= 4 is 138 Å². The van der Waals surface area contributed by atoms with Gasteiger partial charge in [0.05, 0.1) is 34.7 Å². The number of para-hydroxylation sites is 14. The van der Waals surface area contributed by atoms with Gasteiger partial charge < -0.3 is 58.8 Å². The van der Waals surface area contributed by atoms with Crippen molar-refractivity contribution in [3.05, 3.63) is 482 Å². The minimum Gasteiger partial charge on any atom is -0.493 e. The van der Waals surface area contributed by atoms with Crippen molar-refractivity contribution in [2.75, 3.05) is 58.8 Å². The first-order valence-electron chi connectivity index (χ1n) is 50.9. The Morgan fingerprint density at radius 1 is 0.277 bits per heavy atom. The summed E-state index contributed by atoms with van der Waals surface area (Å²) < 4.78 is 0. The molecule has 1 radical (unpaired) electrons. The third kappa shape index (κ3) is 17.0. The van der Waals surface area contributed by atoms with Gasteiger partial charge in [-0.05, 0) is 202 Å². The smallest absolute Gasteiger partial charge is 0.179 e. The molecule has 0 amide bonds. The van der Waals surface area contributed by atoms with Crippen molar-refractivity contribution in [1.29, 1.82) is 0 Å². The van der Waals surface area contributed by atoms with Crippen LogP contribution in [0.5, 0.6) is 0 Å². The molecule has 19 aromatic rings. The number of anilines is 24. The van der Waals surface area contributed by atoms with Crippen LogP contribution in [0.25, 0.3) is 11.3 Å². The summed E-state index contributed by atoms with van der Waals surface area (Å²) in [4.78, 5) is 76.0. The van der Waals surface area contributed by atoms with Crippen LogP contribution >= 0.6 is 0 Å². The van der Waals surface area contributed by atoms with E-state index in [1.54, 1.807) is 24.8 Å². The fourth-order valence-electron chi connectivity index (χ4n) is 22.7. The van der Waals surface area contributed by atoms with Crippen LogP contribution in [0.1, 0.15) is 88.4 Å². The summed E-state index contributed by atoms with van der Waals surface area (Å²) in [5, 5.41) is 0. The molecule has 0 bridgehead atoms. The maximum absolute atomic E-state index is 5.21. The zero-order valence-corrected chi connectivity index (χ0v) is 85.1. The minimum atomic E-state index is 0. The van der Waals surface area contributed by atoms with E-state index in [0.717, 1.165) is 161 Å². The molecule has 30 rings (SSSR count). The molecule has 23 heteroatoms. The summed E-state index contributed by atoms with van der Waals surface area (Å²) >= 11 is 0. The molecular weight excluding hydrogens is 2000 g/mol. The van der Waals surface area contributed by atoms with E-state index in [9.17, 15) is 0 Å². The molecule has 4 unspecified atom stereocenters. The van der Waals surface area contributed by atoms with Gasteiger partial charge in [0.2, 0.25) is 0 Å². The van der Waals surface area contributed by atoms with Gasteiger partial charge in [-0.25, -0.2) is 49.8 Å². The predicted molar refractivity (Wildman–Crippen MR) is 591 cm³/mol. The first-order valence-corrected chi connectivity index (χ1v) is 50.9. The number of aromatic nitrogens is 10. The number of hydrogen-bond acceptors (Lipinski definition) is 22. The molecule has 729 valence electrons. The van der Waals surface area contributed by atoms with Crippen molar-refractivity contribution in [1.82, 2.24) is 49.8 Å². The Hall–Kier alpha value is -17.3. The first kappa shape index (κ1) is 93.1. The van der Waals surface area contributed by atoms with Gasteiger partial charge in [0.15, 0.2) is 46.5 Å². The number of hydrogen-bond donors (Lipinski definition) is 0. The van der Waals surface area contributed by atoms with Crippen LogP contribution in [0.15, 0.2) is 395 Å². The van der Waals surface area contributed by atoms with Crippen molar-refractivity contribution < 1.29 is 20.1 Å². The topological polar surface area (TPSA) is 168 Å². The predicted octanol–water partition coefficient (Wildman–Crippen LogP) is 27.8. The molecule has 0 N–H and O–H groups in total. The fraction of sp³-hybridized carbons (Fsp3) is 0.152. The SMILES string of the molecule is CCc1nc2c(nc1CC)N1c3ccccc3CC1N2c1ccccc1.Cc1cc(C)c(-c2cnc3c(n2)N2c4ccccc4CC2N3c2ccccc2)c(C)c1.[Ir].[c-]1ccccc1N1[CH-]N(c2ccccc2)c2ccccc21.[c-]1ccccc1N1[CH-]N(c2ccccc2)c2nccnc21.c1ccc(N2c3nc4c(nc3N3c5ccccc5CC23)CCCC4)cc1.c1ccc(N2c3nccnc3N3c4ccccc4CC23)cc1. The largest absolute Gasteiger partial charge is 0.493 e. The summed E-state index contributed by atoms with van der Waals surface area (Å²) in [5.41, 5.74) is 32.2. The second-order valence-electron chi connectivity index (χ2n) is 37.9. The van der Waals surface area contributed by atoms with Gasteiger partial charge in [-0.3, -0.25) is 0 Å². The maximum atomic E-state index is 5.21. The molecule has 14 aromatic carbocycles. The monoisotopic (exact) mass is 2110 g/mol. The van der Waals surface area contributed by atoms with E-state index in [1.165, 1.54) is 114 Å². The molecule has 1 aliphatic carbocycles. The van der Waals surface area contributed by atoms with E-state index >= 15 is 0 Å². The number of fused-ring (bicyclic) bond motifs is 23. The molecule has 0 fully saturated rings. The normalized spacial score (nSPS) is 16.4. The summed E-state index contributed by atoms with van der Waals surface area (Å²) in [6, 6.07) is 132. The number of rotatable bonds is 11. The van der Waals surface area contributed by atoms with Crippen LogP contribution in [0.2, 0.25) is 0 Å². The average molecular weight is 2110 g/mol. The van der Waals surface area contributed by atoms with Crippen molar-refractivity contribution in [2.24, 2.45) is 0 Å². The molecule has 11 aliphatic rings. The van der Waals surface area contributed by atoms with E-state index in [0.29, 0.717) is 0 Å². The number of benzene rings is 14. The molecule has 5 aromatic heterocycles. The second-order valence-corrected chi connectivity index (χ2v) is 37.9. The fourth-order valence-corrected chi connectivity index (χ4v) is 22.7. The Balaban J connectivity index is 0.0000000952. The summed E-state index contributed by atoms with van der Waals surface area (Å²) in [6.07, 6.45) is 20.0. The molecule has 0 saturated carbocycles. The van der Waals surface area contributed by atoms with Crippen molar-refractivity contribution in [3.8, 4) is 11.3 Å². The van der Waals surface area contributed by atoms with Crippen LogP contribution in [0.4, 0.5) is 138 Å². The number of aryl methyl sites for hydroxylation is 7. The molecule has 148 heavy (non-hydrogen) atoms. The molecule has 0 spiro atoms. The van der Waals surface area contributed by atoms with Gasteiger partial charge >= 0.3 is 0 Å². The average Bonchev–Trinajstić information content (AvgIpc) is 1.58. The molecule has 10 aliphatic heterocycles. The van der Waals surface area contributed by atoms with Crippen molar-refractivity contribution in [2.45, 2.75) is 123 Å². The summed E-state index contributed by atoms with van der Waals surface area (Å²) in [7, 11) is 0. The van der Waals surface area contributed by atoms with Crippen LogP contribution in [0, 0.1) is 46.2 Å². The van der Waals surface area contributed by atoms with Gasteiger partial charge in [0.25, 0.3) is 0 Å². The molecule has 22 nitrogen and oxygen atoms in total. The van der Waals surface area contributed by atoms with Crippen molar-refractivity contribution in [3.63, 3.8) is 0 Å². The Kier molecular flexibility index (Phi) is 25.4. The summed E-state index contributed by atoms with van der Waals surface area (Å²) in [6.45, 7) is 14.9. The quantitative estimate of drug-likeness (QED) is 0.112. The van der Waals surface area contributed by atoms with Crippen LogP contribution in [-0.4, -0.2) is 74.5 Å². The third-order valence-electron chi connectivity index (χ3n) is 29.0. The zero-order chi connectivity index (χ0) is 98.5. The Morgan fingerprint density at radius 3 is 0.980 bits per heavy atom. The third-order valence-corrected chi connectivity index (χ3v) is 29.0.